The lowest BCUT2D eigenvalue weighted by molar-refractivity contribution is -0.140. The molecular formula is C21H20ClNO5. The second kappa shape index (κ2) is 9.01. The van der Waals surface area contributed by atoms with Crippen LogP contribution in [0.25, 0.3) is 5.76 Å². The van der Waals surface area contributed by atoms with E-state index in [1.54, 1.807) is 54.6 Å². The second-order valence-electron chi connectivity index (χ2n) is 6.22. The summed E-state index contributed by atoms with van der Waals surface area (Å²) in [6.45, 7) is 0.247. The Morgan fingerprint density at radius 1 is 1.04 bits per heavy atom. The Labute approximate surface area is 167 Å². The number of hydrogen-bond acceptors (Lipinski definition) is 5. The number of carbonyl (C=O) groups excluding carboxylic acids is 2. The van der Waals surface area contributed by atoms with Gasteiger partial charge in [-0.15, -0.1) is 0 Å². The molecule has 28 heavy (non-hydrogen) atoms. The molecule has 1 aliphatic heterocycles. The van der Waals surface area contributed by atoms with Gasteiger partial charge in [0.15, 0.2) is 0 Å². The third kappa shape index (κ3) is 3.94. The van der Waals surface area contributed by atoms with E-state index in [9.17, 15) is 14.7 Å². The number of nitrogens with zero attached hydrogens (tertiary/aromatic N) is 1. The van der Waals surface area contributed by atoms with Crippen molar-refractivity contribution in [2.45, 2.75) is 6.04 Å². The molecule has 0 bridgehead atoms. The first-order valence-corrected chi connectivity index (χ1v) is 9.21. The Kier molecular flexibility index (Phi) is 6.46. The van der Waals surface area contributed by atoms with Crippen LogP contribution in [0.5, 0.6) is 0 Å². The van der Waals surface area contributed by atoms with E-state index in [1.165, 1.54) is 4.90 Å². The van der Waals surface area contributed by atoms with Gasteiger partial charge in [0.2, 0.25) is 0 Å². The van der Waals surface area contributed by atoms with Crippen molar-refractivity contribution in [1.29, 1.82) is 0 Å². The average molecular weight is 402 g/mol. The number of likely N-dealkylation sites (tertiary alicyclic amines) is 1. The van der Waals surface area contributed by atoms with Crippen LogP contribution in [0, 0.1) is 0 Å². The molecule has 1 saturated heterocycles. The predicted molar refractivity (Wildman–Crippen MR) is 105 cm³/mol. The fraction of sp³-hybridized carbons (Fsp3) is 0.238. The van der Waals surface area contributed by atoms with Crippen LogP contribution < -0.4 is 0 Å². The number of hydrogen-bond donors (Lipinski definition) is 2. The smallest absolute Gasteiger partial charge is 0.295 e. The summed E-state index contributed by atoms with van der Waals surface area (Å²) in [5.41, 5.74) is 0.976. The maximum Gasteiger partial charge on any atom is 0.295 e. The minimum atomic E-state index is -0.827. The number of Topliss-reactive ketones (excluding diaryl/α,β-unsaturated/α-hetero) is 1. The summed E-state index contributed by atoms with van der Waals surface area (Å²) in [4.78, 5) is 26.8. The SMILES string of the molecule is O=C1C(=O)N(CCOCCO)C(c2ccccc2Cl)/C1=C(\O)c1ccccc1. The van der Waals surface area contributed by atoms with Gasteiger partial charge in [-0.2, -0.15) is 0 Å². The molecule has 2 aromatic carbocycles. The Hall–Kier alpha value is -2.67. The minimum absolute atomic E-state index is 0.00791. The molecule has 1 aliphatic rings. The molecule has 1 atom stereocenters. The standard InChI is InChI=1S/C21H20ClNO5/c22-16-9-5-4-8-15(16)18-17(19(25)14-6-2-1-3-7-14)20(26)21(27)23(18)10-12-28-13-11-24/h1-9,18,24-25H,10-13H2/b19-17+. The predicted octanol–water partition coefficient (Wildman–Crippen LogP) is 2.77. The fourth-order valence-electron chi connectivity index (χ4n) is 3.21. The van der Waals surface area contributed by atoms with E-state index in [0.717, 1.165) is 0 Å². The van der Waals surface area contributed by atoms with E-state index in [-0.39, 0.29) is 37.7 Å². The first-order chi connectivity index (χ1) is 13.6. The first-order valence-electron chi connectivity index (χ1n) is 8.83. The third-order valence-electron chi connectivity index (χ3n) is 4.50. The van der Waals surface area contributed by atoms with E-state index >= 15 is 0 Å². The van der Waals surface area contributed by atoms with Gasteiger partial charge in [-0.25, -0.2) is 0 Å². The van der Waals surface area contributed by atoms with Crippen molar-refractivity contribution in [3.05, 3.63) is 76.3 Å². The Morgan fingerprint density at radius 2 is 1.71 bits per heavy atom. The molecule has 0 aromatic heterocycles. The zero-order valence-electron chi connectivity index (χ0n) is 15.0. The zero-order chi connectivity index (χ0) is 20.1. The van der Waals surface area contributed by atoms with Crippen molar-refractivity contribution >= 4 is 29.1 Å². The van der Waals surface area contributed by atoms with Gasteiger partial charge < -0.3 is 19.8 Å². The number of ketones is 1. The van der Waals surface area contributed by atoms with Crippen LogP contribution in [0.2, 0.25) is 5.02 Å². The second-order valence-corrected chi connectivity index (χ2v) is 6.62. The molecule has 2 aromatic rings. The van der Waals surface area contributed by atoms with E-state index in [1.807, 2.05) is 0 Å². The summed E-state index contributed by atoms with van der Waals surface area (Å²) >= 11 is 6.35. The van der Waals surface area contributed by atoms with Crippen molar-refractivity contribution in [3.63, 3.8) is 0 Å². The van der Waals surface area contributed by atoms with Gasteiger partial charge in [-0.05, 0) is 11.6 Å². The first kappa shape index (κ1) is 20.1. The zero-order valence-corrected chi connectivity index (χ0v) is 15.8. The largest absolute Gasteiger partial charge is 0.507 e. The van der Waals surface area contributed by atoms with Gasteiger partial charge in [-0.3, -0.25) is 9.59 Å². The molecule has 0 aliphatic carbocycles. The molecule has 1 heterocycles. The van der Waals surface area contributed by atoms with Crippen molar-refractivity contribution in [3.8, 4) is 0 Å². The molecule has 6 nitrogen and oxygen atoms in total. The normalized spacial score (nSPS) is 18.6. The minimum Gasteiger partial charge on any atom is -0.507 e. The molecule has 0 saturated carbocycles. The summed E-state index contributed by atoms with van der Waals surface area (Å²) in [7, 11) is 0. The number of benzene rings is 2. The van der Waals surface area contributed by atoms with Gasteiger partial charge in [-0.1, -0.05) is 60.1 Å². The maximum atomic E-state index is 12.8. The third-order valence-corrected chi connectivity index (χ3v) is 4.84. The highest BCUT2D eigenvalue weighted by molar-refractivity contribution is 6.47. The highest BCUT2D eigenvalue weighted by Gasteiger charge is 2.46. The van der Waals surface area contributed by atoms with E-state index < -0.39 is 17.7 Å². The molecule has 7 heteroatoms. The van der Waals surface area contributed by atoms with Crippen LogP contribution in [-0.2, 0) is 14.3 Å². The van der Waals surface area contributed by atoms with Gasteiger partial charge in [0.1, 0.15) is 5.76 Å². The molecule has 0 radical (unpaired) electrons. The quantitative estimate of drug-likeness (QED) is 0.322. The number of halogens is 1. The fourth-order valence-corrected chi connectivity index (χ4v) is 3.45. The Bertz CT molecular complexity index is 897. The van der Waals surface area contributed by atoms with Gasteiger partial charge in [0, 0.05) is 17.1 Å². The number of carbonyl (C=O) groups is 2. The van der Waals surface area contributed by atoms with Crippen molar-refractivity contribution in [2.75, 3.05) is 26.4 Å². The van der Waals surface area contributed by atoms with Gasteiger partial charge >= 0.3 is 0 Å². The summed E-state index contributed by atoms with van der Waals surface area (Å²) in [5.74, 6) is -1.74. The number of aliphatic hydroxyl groups is 2. The number of rotatable bonds is 7. The van der Waals surface area contributed by atoms with Gasteiger partial charge in [0.05, 0.1) is 31.4 Å². The lowest BCUT2D eigenvalue weighted by atomic mass is 9.95. The molecule has 1 amide bonds. The summed E-state index contributed by atoms with van der Waals surface area (Å²) in [6.07, 6.45) is 0. The van der Waals surface area contributed by atoms with Crippen LogP contribution in [0.3, 0.4) is 0 Å². The summed E-state index contributed by atoms with van der Waals surface area (Å²) in [6, 6.07) is 14.7. The molecule has 1 unspecified atom stereocenters. The van der Waals surface area contributed by atoms with E-state index in [2.05, 4.69) is 0 Å². The average Bonchev–Trinajstić information content (AvgIpc) is 2.96. The molecule has 3 rings (SSSR count). The highest BCUT2D eigenvalue weighted by atomic mass is 35.5. The van der Waals surface area contributed by atoms with Crippen molar-refractivity contribution < 1.29 is 24.5 Å². The van der Waals surface area contributed by atoms with Crippen LogP contribution in [-0.4, -0.2) is 53.2 Å². The van der Waals surface area contributed by atoms with Crippen molar-refractivity contribution in [2.24, 2.45) is 0 Å². The van der Waals surface area contributed by atoms with Crippen LogP contribution in [0.15, 0.2) is 60.2 Å². The highest BCUT2D eigenvalue weighted by Crippen LogP contribution is 2.41. The molecule has 0 spiro atoms. The number of ether oxygens (including phenoxy) is 1. The van der Waals surface area contributed by atoms with Gasteiger partial charge in [0.25, 0.3) is 11.7 Å². The maximum absolute atomic E-state index is 12.8. The van der Waals surface area contributed by atoms with E-state index in [4.69, 9.17) is 21.4 Å². The van der Waals surface area contributed by atoms with Crippen LogP contribution >= 0.6 is 11.6 Å². The topological polar surface area (TPSA) is 87.1 Å². The Morgan fingerprint density at radius 3 is 2.39 bits per heavy atom. The van der Waals surface area contributed by atoms with E-state index in [0.29, 0.717) is 16.1 Å². The molecule has 1 fully saturated rings. The molecule has 146 valence electrons. The monoisotopic (exact) mass is 401 g/mol. The summed E-state index contributed by atoms with van der Waals surface area (Å²) in [5, 5.41) is 20.1. The molecular weight excluding hydrogens is 382 g/mol. The van der Waals surface area contributed by atoms with Crippen LogP contribution in [0.4, 0.5) is 0 Å². The van der Waals surface area contributed by atoms with Crippen molar-refractivity contribution in [1.82, 2.24) is 4.90 Å². The summed E-state index contributed by atoms with van der Waals surface area (Å²) < 4.78 is 5.26. The lowest BCUT2D eigenvalue weighted by Crippen LogP contribution is -2.33. The molecule has 2 N–H and O–H groups in total. The lowest BCUT2D eigenvalue weighted by Gasteiger charge is -2.26. The number of aliphatic hydroxyl groups excluding tert-OH is 2. The Balaban J connectivity index is 2.08. The van der Waals surface area contributed by atoms with Crippen LogP contribution in [0.1, 0.15) is 17.2 Å². The number of amides is 1.